The SMILES string of the molecule is Cc1ccnn1CCC(=O)NCc1noc(C2CCCO2)n1. The van der Waals surface area contributed by atoms with Crippen molar-refractivity contribution in [2.75, 3.05) is 6.61 Å². The number of ether oxygens (including phenoxy) is 1. The van der Waals surface area contributed by atoms with E-state index in [2.05, 4.69) is 20.6 Å². The van der Waals surface area contributed by atoms with Crippen molar-refractivity contribution in [2.45, 2.75) is 45.4 Å². The molecular weight excluding hydrogens is 286 g/mol. The minimum Gasteiger partial charge on any atom is -0.368 e. The van der Waals surface area contributed by atoms with Crippen LogP contribution in [0.15, 0.2) is 16.8 Å². The van der Waals surface area contributed by atoms with Crippen LogP contribution in [0.2, 0.25) is 0 Å². The number of aromatic nitrogens is 4. The van der Waals surface area contributed by atoms with Crippen molar-refractivity contribution in [2.24, 2.45) is 0 Å². The average Bonchev–Trinajstić information content (AvgIpc) is 3.24. The molecule has 1 fully saturated rings. The van der Waals surface area contributed by atoms with Crippen molar-refractivity contribution in [3.8, 4) is 0 Å². The molecule has 0 aliphatic carbocycles. The monoisotopic (exact) mass is 305 g/mol. The van der Waals surface area contributed by atoms with Crippen LogP contribution in [0.4, 0.5) is 0 Å². The van der Waals surface area contributed by atoms with Crippen LogP contribution in [0, 0.1) is 6.92 Å². The van der Waals surface area contributed by atoms with Gasteiger partial charge >= 0.3 is 0 Å². The number of carbonyl (C=O) groups is 1. The molecule has 8 nitrogen and oxygen atoms in total. The molecule has 118 valence electrons. The largest absolute Gasteiger partial charge is 0.368 e. The van der Waals surface area contributed by atoms with E-state index in [1.54, 1.807) is 10.9 Å². The molecule has 0 spiro atoms. The molecular formula is C14H19N5O3. The van der Waals surface area contributed by atoms with Gasteiger partial charge in [0.15, 0.2) is 5.82 Å². The summed E-state index contributed by atoms with van der Waals surface area (Å²) in [6, 6.07) is 1.91. The van der Waals surface area contributed by atoms with Crippen molar-refractivity contribution >= 4 is 5.91 Å². The second-order valence-corrected chi connectivity index (χ2v) is 5.27. The molecule has 2 aromatic heterocycles. The smallest absolute Gasteiger partial charge is 0.255 e. The van der Waals surface area contributed by atoms with Gasteiger partial charge < -0.3 is 14.6 Å². The topological polar surface area (TPSA) is 95.1 Å². The average molecular weight is 305 g/mol. The Hall–Kier alpha value is -2.22. The van der Waals surface area contributed by atoms with E-state index in [1.807, 2.05) is 13.0 Å². The maximum absolute atomic E-state index is 11.8. The summed E-state index contributed by atoms with van der Waals surface area (Å²) in [6.07, 6.45) is 3.89. The Morgan fingerprint density at radius 2 is 2.45 bits per heavy atom. The molecule has 3 heterocycles. The molecule has 1 aliphatic heterocycles. The standard InChI is InChI=1S/C14H19N5O3/c1-10-4-6-16-19(10)7-5-13(20)15-9-12-17-14(22-18-12)11-3-2-8-21-11/h4,6,11H,2-3,5,7-9H2,1H3,(H,15,20). The Balaban J connectivity index is 1.44. The lowest BCUT2D eigenvalue weighted by molar-refractivity contribution is -0.121. The van der Waals surface area contributed by atoms with Gasteiger partial charge in [-0.15, -0.1) is 0 Å². The molecule has 1 aliphatic rings. The molecule has 0 bridgehead atoms. The second kappa shape index (κ2) is 6.69. The highest BCUT2D eigenvalue weighted by atomic mass is 16.5. The summed E-state index contributed by atoms with van der Waals surface area (Å²) < 4.78 is 12.4. The highest BCUT2D eigenvalue weighted by Gasteiger charge is 2.23. The molecule has 0 saturated carbocycles. The van der Waals surface area contributed by atoms with E-state index < -0.39 is 0 Å². The third-order valence-electron chi connectivity index (χ3n) is 3.61. The van der Waals surface area contributed by atoms with E-state index in [4.69, 9.17) is 9.26 Å². The molecule has 0 radical (unpaired) electrons. The summed E-state index contributed by atoms with van der Waals surface area (Å²) in [6.45, 7) is 3.49. The second-order valence-electron chi connectivity index (χ2n) is 5.27. The number of hydrogen-bond donors (Lipinski definition) is 1. The molecule has 1 N–H and O–H groups in total. The molecule has 0 aromatic carbocycles. The number of nitrogens with zero attached hydrogens (tertiary/aromatic N) is 4. The number of aryl methyl sites for hydroxylation is 2. The van der Waals surface area contributed by atoms with Crippen molar-refractivity contribution in [1.29, 1.82) is 0 Å². The van der Waals surface area contributed by atoms with E-state index in [1.165, 1.54) is 0 Å². The van der Waals surface area contributed by atoms with E-state index in [9.17, 15) is 4.79 Å². The van der Waals surface area contributed by atoms with Crippen LogP contribution < -0.4 is 5.32 Å². The van der Waals surface area contributed by atoms with Crippen LogP contribution in [0.5, 0.6) is 0 Å². The lowest BCUT2D eigenvalue weighted by Crippen LogP contribution is -2.24. The summed E-state index contributed by atoms with van der Waals surface area (Å²) in [5, 5.41) is 10.8. The maximum atomic E-state index is 11.8. The van der Waals surface area contributed by atoms with E-state index >= 15 is 0 Å². The van der Waals surface area contributed by atoms with Gasteiger partial charge in [0.1, 0.15) is 6.10 Å². The van der Waals surface area contributed by atoms with Gasteiger partial charge in [-0.25, -0.2) is 0 Å². The number of rotatable bonds is 6. The van der Waals surface area contributed by atoms with Crippen LogP contribution in [0.25, 0.3) is 0 Å². The van der Waals surface area contributed by atoms with Crippen LogP contribution >= 0.6 is 0 Å². The molecule has 1 saturated heterocycles. The van der Waals surface area contributed by atoms with E-state index in [-0.39, 0.29) is 18.6 Å². The summed E-state index contributed by atoms with van der Waals surface area (Å²) in [5.74, 6) is 0.890. The van der Waals surface area contributed by atoms with Crippen LogP contribution in [0.1, 0.15) is 42.8 Å². The molecule has 1 atom stereocenters. The third-order valence-corrected chi connectivity index (χ3v) is 3.61. The third kappa shape index (κ3) is 3.51. The highest BCUT2D eigenvalue weighted by molar-refractivity contribution is 5.75. The zero-order valence-corrected chi connectivity index (χ0v) is 12.5. The van der Waals surface area contributed by atoms with Gasteiger partial charge in [0.2, 0.25) is 5.91 Å². The zero-order chi connectivity index (χ0) is 15.4. The first kappa shape index (κ1) is 14.7. The predicted octanol–water partition coefficient (Wildman–Crippen LogP) is 1.13. The quantitative estimate of drug-likeness (QED) is 0.859. The molecule has 1 unspecified atom stereocenters. The van der Waals surface area contributed by atoms with Crippen molar-refractivity contribution < 1.29 is 14.1 Å². The number of hydrogen-bond acceptors (Lipinski definition) is 6. The Morgan fingerprint density at radius 1 is 1.55 bits per heavy atom. The summed E-state index contributed by atoms with van der Waals surface area (Å²) in [7, 11) is 0. The van der Waals surface area contributed by atoms with Gasteiger partial charge in [0.05, 0.1) is 6.54 Å². The van der Waals surface area contributed by atoms with Gasteiger partial charge in [-0.2, -0.15) is 10.1 Å². The Bertz CT molecular complexity index is 630. The van der Waals surface area contributed by atoms with Gasteiger partial charge in [-0.3, -0.25) is 9.48 Å². The first-order valence-corrected chi connectivity index (χ1v) is 7.41. The van der Waals surface area contributed by atoms with Crippen LogP contribution in [-0.2, 0) is 22.6 Å². The molecule has 1 amide bonds. The van der Waals surface area contributed by atoms with Crippen LogP contribution in [-0.4, -0.2) is 32.4 Å². The van der Waals surface area contributed by atoms with Gasteiger partial charge in [-0.1, -0.05) is 5.16 Å². The summed E-state index contributed by atoms with van der Waals surface area (Å²) in [5.41, 5.74) is 1.03. The predicted molar refractivity (Wildman–Crippen MR) is 75.7 cm³/mol. The van der Waals surface area contributed by atoms with Crippen LogP contribution in [0.3, 0.4) is 0 Å². The minimum absolute atomic E-state index is 0.0710. The fraction of sp³-hybridized carbons (Fsp3) is 0.571. The lowest BCUT2D eigenvalue weighted by atomic mass is 10.2. The number of carbonyl (C=O) groups excluding carboxylic acids is 1. The van der Waals surface area contributed by atoms with E-state index in [0.717, 1.165) is 25.1 Å². The fourth-order valence-electron chi connectivity index (χ4n) is 2.35. The normalized spacial score (nSPS) is 17.8. The molecule has 3 rings (SSSR count). The fourth-order valence-corrected chi connectivity index (χ4v) is 2.35. The summed E-state index contributed by atoms with van der Waals surface area (Å²) >= 11 is 0. The Morgan fingerprint density at radius 3 is 3.18 bits per heavy atom. The van der Waals surface area contributed by atoms with Gasteiger partial charge in [0.25, 0.3) is 5.89 Å². The minimum atomic E-state index is -0.0975. The Kier molecular flexibility index (Phi) is 4.47. The number of amides is 1. The molecule has 2 aromatic rings. The maximum Gasteiger partial charge on any atom is 0.255 e. The van der Waals surface area contributed by atoms with E-state index in [0.29, 0.717) is 24.7 Å². The highest BCUT2D eigenvalue weighted by Crippen LogP contribution is 2.26. The van der Waals surface area contributed by atoms with Crippen molar-refractivity contribution in [1.82, 2.24) is 25.2 Å². The first-order chi connectivity index (χ1) is 10.7. The molecule has 22 heavy (non-hydrogen) atoms. The first-order valence-electron chi connectivity index (χ1n) is 7.41. The number of nitrogens with one attached hydrogen (secondary N) is 1. The van der Waals surface area contributed by atoms with Crippen molar-refractivity contribution in [3.05, 3.63) is 29.7 Å². The lowest BCUT2D eigenvalue weighted by Gasteiger charge is -2.04. The summed E-state index contributed by atoms with van der Waals surface area (Å²) in [4.78, 5) is 16.1. The molecule has 8 heteroatoms. The zero-order valence-electron chi connectivity index (χ0n) is 12.5. The Labute approximate surface area is 127 Å². The van der Waals surface area contributed by atoms with Gasteiger partial charge in [0, 0.05) is 31.5 Å². The van der Waals surface area contributed by atoms with Gasteiger partial charge in [-0.05, 0) is 25.8 Å². The van der Waals surface area contributed by atoms with Crippen molar-refractivity contribution in [3.63, 3.8) is 0 Å².